The summed E-state index contributed by atoms with van der Waals surface area (Å²) >= 11 is 0. The van der Waals surface area contributed by atoms with Gasteiger partial charge in [0.05, 0.1) is 5.41 Å². The van der Waals surface area contributed by atoms with Gasteiger partial charge in [-0.25, -0.2) is 0 Å². The first-order valence-corrected chi connectivity index (χ1v) is 6.28. The topological polar surface area (TPSA) is 40.5 Å². The summed E-state index contributed by atoms with van der Waals surface area (Å²) in [6.45, 7) is 6.44. The number of nitrogens with zero attached hydrogens (tertiary/aromatic N) is 1. The van der Waals surface area contributed by atoms with Crippen molar-refractivity contribution in [2.75, 3.05) is 20.1 Å². The van der Waals surface area contributed by atoms with Crippen molar-refractivity contribution < 1.29 is 9.90 Å². The average Bonchev–Trinajstić information content (AvgIpc) is 2.13. The summed E-state index contributed by atoms with van der Waals surface area (Å²) in [5.41, 5.74) is -0.188. The summed E-state index contributed by atoms with van der Waals surface area (Å²) in [6, 6.07) is 0. The normalized spacial score (nSPS) is 33.1. The predicted octanol–water partition coefficient (Wildman–Crippen LogP) is 2.22. The van der Waals surface area contributed by atoms with E-state index in [0.717, 1.165) is 38.8 Å². The van der Waals surface area contributed by atoms with Crippen molar-refractivity contribution in [2.24, 2.45) is 16.7 Å². The Hall–Kier alpha value is -0.570. The van der Waals surface area contributed by atoms with Crippen molar-refractivity contribution in [2.45, 2.75) is 39.5 Å². The Labute approximate surface area is 97.8 Å². The first kappa shape index (κ1) is 11.9. The van der Waals surface area contributed by atoms with Gasteiger partial charge in [-0.05, 0) is 50.6 Å². The average molecular weight is 225 g/mol. The highest BCUT2D eigenvalue weighted by Gasteiger charge is 2.58. The third-order valence-corrected chi connectivity index (χ3v) is 4.42. The Bertz CT molecular complexity index is 290. The van der Waals surface area contributed by atoms with Crippen LogP contribution in [0.15, 0.2) is 0 Å². The molecular formula is C13H23NO2. The molecule has 2 rings (SSSR count). The maximum absolute atomic E-state index is 11.6. The molecular weight excluding hydrogens is 202 g/mol. The van der Waals surface area contributed by atoms with Crippen LogP contribution in [0.5, 0.6) is 0 Å². The van der Waals surface area contributed by atoms with Gasteiger partial charge >= 0.3 is 5.97 Å². The maximum Gasteiger partial charge on any atom is 0.310 e. The van der Waals surface area contributed by atoms with Gasteiger partial charge in [0, 0.05) is 6.54 Å². The lowest BCUT2D eigenvalue weighted by atomic mass is 9.49. The van der Waals surface area contributed by atoms with E-state index in [4.69, 9.17) is 0 Å². The minimum absolute atomic E-state index is 0.231. The zero-order valence-electron chi connectivity index (χ0n) is 10.6. The van der Waals surface area contributed by atoms with Crippen molar-refractivity contribution in [1.82, 2.24) is 4.90 Å². The van der Waals surface area contributed by atoms with Crippen LogP contribution >= 0.6 is 0 Å². The smallest absolute Gasteiger partial charge is 0.310 e. The molecule has 0 radical (unpaired) electrons. The molecule has 3 heteroatoms. The number of carbonyl (C=O) groups is 1. The van der Waals surface area contributed by atoms with Crippen molar-refractivity contribution >= 4 is 5.97 Å². The van der Waals surface area contributed by atoms with Crippen LogP contribution in [-0.2, 0) is 4.79 Å². The zero-order chi connectivity index (χ0) is 12.0. The molecule has 0 amide bonds. The molecule has 1 saturated carbocycles. The van der Waals surface area contributed by atoms with E-state index in [1.807, 2.05) is 0 Å². The molecule has 2 fully saturated rings. The zero-order valence-corrected chi connectivity index (χ0v) is 10.6. The van der Waals surface area contributed by atoms with Crippen LogP contribution in [0, 0.1) is 16.7 Å². The quantitative estimate of drug-likeness (QED) is 0.783. The molecule has 1 unspecified atom stereocenters. The molecule has 1 N–H and O–H groups in total. The van der Waals surface area contributed by atoms with Crippen LogP contribution in [-0.4, -0.2) is 36.1 Å². The minimum atomic E-state index is -0.563. The second-order valence-electron chi connectivity index (χ2n) is 6.58. The standard InChI is InChI=1S/C13H23NO2/c1-12(2)8-13(9-12,11(15)16)10-5-4-6-14(3)7-10/h10H,4-9H2,1-3H3,(H,15,16). The van der Waals surface area contributed by atoms with Crippen molar-refractivity contribution in [3.8, 4) is 0 Å². The highest BCUT2D eigenvalue weighted by Crippen LogP contribution is 2.59. The Morgan fingerprint density at radius 2 is 2.00 bits per heavy atom. The number of aliphatic carboxylic acids is 1. The van der Waals surface area contributed by atoms with Gasteiger partial charge in [-0.2, -0.15) is 0 Å². The van der Waals surface area contributed by atoms with Gasteiger partial charge in [-0.1, -0.05) is 13.8 Å². The molecule has 0 bridgehead atoms. The van der Waals surface area contributed by atoms with Crippen molar-refractivity contribution in [3.05, 3.63) is 0 Å². The van der Waals surface area contributed by atoms with Crippen LogP contribution in [0.1, 0.15) is 39.5 Å². The van der Waals surface area contributed by atoms with E-state index in [1.165, 1.54) is 0 Å². The molecule has 2 aliphatic rings. The van der Waals surface area contributed by atoms with Crippen molar-refractivity contribution in [1.29, 1.82) is 0 Å². The fraction of sp³-hybridized carbons (Fsp3) is 0.923. The predicted molar refractivity (Wildman–Crippen MR) is 63.3 cm³/mol. The van der Waals surface area contributed by atoms with E-state index in [0.29, 0.717) is 5.92 Å². The fourth-order valence-electron chi connectivity index (χ4n) is 3.89. The number of hydrogen-bond donors (Lipinski definition) is 1. The van der Waals surface area contributed by atoms with E-state index in [9.17, 15) is 9.90 Å². The van der Waals surface area contributed by atoms with Gasteiger partial charge in [0.25, 0.3) is 0 Å². The lowest BCUT2D eigenvalue weighted by molar-refractivity contribution is -0.175. The summed E-state index contributed by atoms with van der Waals surface area (Å²) in [6.07, 6.45) is 3.95. The molecule has 1 aliphatic carbocycles. The van der Waals surface area contributed by atoms with Crippen LogP contribution in [0.3, 0.4) is 0 Å². The molecule has 0 aromatic carbocycles. The highest BCUT2D eigenvalue weighted by atomic mass is 16.4. The molecule has 0 aromatic rings. The summed E-state index contributed by atoms with van der Waals surface area (Å²) in [5.74, 6) is -0.205. The van der Waals surface area contributed by atoms with Gasteiger partial charge in [-0.3, -0.25) is 4.79 Å². The Kier molecular flexibility index (Phi) is 2.77. The first-order valence-electron chi connectivity index (χ1n) is 6.28. The van der Waals surface area contributed by atoms with Gasteiger partial charge in [0.1, 0.15) is 0 Å². The third-order valence-electron chi connectivity index (χ3n) is 4.42. The van der Waals surface area contributed by atoms with Gasteiger partial charge in [-0.15, -0.1) is 0 Å². The minimum Gasteiger partial charge on any atom is -0.481 e. The number of carboxylic acid groups (broad SMARTS) is 1. The fourth-order valence-corrected chi connectivity index (χ4v) is 3.89. The monoisotopic (exact) mass is 225 g/mol. The van der Waals surface area contributed by atoms with Crippen LogP contribution in [0.25, 0.3) is 0 Å². The maximum atomic E-state index is 11.6. The van der Waals surface area contributed by atoms with E-state index in [2.05, 4.69) is 25.8 Å². The van der Waals surface area contributed by atoms with E-state index in [1.54, 1.807) is 0 Å². The van der Waals surface area contributed by atoms with Crippen LogP contribution < -0.4 is 0 Å². The molecule has 0 spiro atoms. The summed E-state index contributed by atoms with van der Waals surface area (Å²) < 4.78 is 0. The van der Waals surface area contributed by atoms with Gasteiger partial charge in [0.15, 0.2) is 0 Å². The molecule has 0 aromatic heterocycles. The molecule has 92 valence electrons. The molecule has 1 aliphatic heterocycles. The third kappa shape index (κ3) is 1.86. The van der Waals surface area contributed by atoms with Gasteiger partial charge < -0.3 is 10.0 Å². The summed E-state index contributed by atoms with van der Waals surface area (Å²) in [7, 11) is 2.10. The number of likely N-dealkylation sites (tertiary alicyclic amines) is 1. The Balaban J connectivity index is 2.12. The summed E-state index contributed by atoms with van der Waals surface area (Å²) in [4.78, 5) is 13.9. The molecule has 1 heterocycles. The highest BCUT2D eigenvalue weighted by molar-refractivity contribution is 5.76. The van der Waals surface area contributed by atoms with Crippen LogP contribution in [0.2, 0.25) is 0 Å². The first-order chi connectivity index (χ1) is 7.36. The van der Waals surface area contributed by atoms with Crippen LogP contribution in [0.4, 0.5) is 0 Å². The molecule has 3 nitrogen and oxygen atoms in total. The second-order valence-corrected chi connectivity index (χ2v) is 6.58. The molecule has 1 saturated heterocycles. The second kappa shape index (κ2) is 3.73. The lowest BCUT2D eigenvalue weighted by Crippen LogP contribution is -2.56. The number of rotatable bonds is 2. The van der Waals surface area contributed by atoms with E-state index in [-0.39, 0.29) is 5.41 Å². The summed E-state index contributed by atoms with van der Waals surface area (Å²) in [5, 5.41) is 9.54. The van der Waals surface area contributed by atoms with Gasteiger partial charge in [0.2, 0.25) is 0 Å². The molecule has 1 atom stereocenters. The van der Waals surface area contributed by atoms with E-state index >= 15 is 0 Å². The largest absolute Gasteiger partial charge is 0.481 e. The van der Waals surface area contributed by atoms with Crippen molar-refractivity contribution in [3.63, 3.8) is 0 Å². The Morgan fingerprint density at radius 3 is 2.44 bits per heavy atom. The molecule has 16 heavy (non-hydrogen) atoms. The number of hydrogen-bond acceptors (Lipinski definition) is 2. The number of piperidine rings is 1. The SMILES string of the molecule is CN1CCCC(C2(C(=O)O)CC(C)(C)C2)C1. The number of carboxylic acids is 1. The Morgan fingerprint density at radius 1 is 1.38 bits per heavy atom. The lowest BCUT2D eigenvalue weighted by Gasteiger charge is -2.55. The van der Waals surface area contributed by atoms with E-state index < -0.39 is 11.4 Å².